The first kappa shape index (κ1) is 63.9. The number of esters is 2. The van der Waals surface area contributed by atoms with Crippen LogP contribution in [0, 0.1) is 88.8 Å². The molecule has 318 valence electrons. The second-order valence-corrected chi connectivity index (χ2v) is 16.0. The van der Waals surface area contributed by atoms with Crippen LogP contribution in [0.3, 0.4) is 0 Å². The van der Waals surface area contributed by atoms with Gasteiger partial charge in [0, 0.05) is 44.9 Å². The number of hydrogen-bond acceptors (Lipinski definition) is 8. The summed E-state index contributed by atoms with van der Waals surface area (Å²) in [6, 6.07) is 0. The summed E-state index contributed by atoms with van der Waals surface area (Å²) in [7, 11) is 0. The summed E-state index contributed by atoms with van der Waals surface area (Å²) in [5.41, 5.74) is 0. The van der Waals surface area contributed by atoms with Gasteiger partial charge in [0.15, 0.2) is 0 Å². The van der Waals surface area contributed by atoms with E-state index in [1.54, 1.807) is 0 Å². The number of carbonyl (C=O) groups excluding carboxylic acids is 7. The van der Waals surface area contributed by atoms with Crippen molar-refractivity contribution in [1.82, 2.24) is 0 Å². The average Bonchev–Trinajstić information content (AvgIpc) is 3.01. The van der Waals surface area contributed by atoms with E-state index < -0.39 is 11.9 Å². The number of hydrogen-bond donors (Lipinski definition) is 0. The fourth-order valence-electron chi connectivity index (χ4n) is 3.16. The van der Waals surface area contributed by atoms with Crippen molar-refractivity contribution in [3.8, 4) is 47.4 Å². The second kappa shape index (κ2) is 43.7. The number of Topliss-reactive ketones (excluding diaryl/α,β-unsaturated/α-hetero) is 4. The maximum absolute atomic E-state index is 11.1. The molecule has 0 radical (unpaired) electrons. The van der Waals surface area contributed by atoms with Crippen molar-refractivity contribution in [3.05, 3.63) is 0 Å². The van der Waals surface area contributed by atoms with Crippen LogP contribution in [-0.4, -0.2) is 40.3 Å². The summed E-state index contributed by atoms with van der Waals surface area (Å²) >= 11 is 5.03. The molecule has 0 aliphatic heterocycles. The van der Waals surface area contributed by atoms with E-state index in [1.807, 2.05) is 125 Å². The molecule has 0 atom stereocenters. The predicted molar refractivity (Wildman–Crippen MR) is 232 cm³/mol. The smallest absolute Gasteiger partial charge is 0.313 e. The van der Waals surface area contributed by atoms with E-state index in [2.05, 4.69) is 52.1 Å². The fraction of sp³-hybridized carbons (Fsp3) is 0.681. The van der Waals surface area contributed by atoms with Gasteiger partial charge in [-0.3, -0.25) is 33.6 Å². The SMILES string of the molecule is CC#CC.CC#CC.CC(C)CC(=O)C#CC(=O)CC(C)C.CC(C)CC(=O)C#CC(=O)CC(C)C.CC(C)CC(=O)Cl.CC(C)CC(=O)OC(=O)CC(C)C. The third kappa shape index (κ3) is 75.0. The van der Waals surface area contributed by atoms with Gasteiger partial charge in [0.2, 0.25) is 28.4 Å². The molecular formula is C47H75ClO8. The molecule has 0 saturated heterocycles. The van der Waals surface area contributed by atoms with Crippen molar-refractivity contribution in [2.75, 3.05) is 0 Å². The molecular weight excluding hydrogens is 728 g/mol. The van der Waals surface area contributed by atoms with Gasteiger partial charge in [0.25, 0.3) is 0 Å². The summed E-state index contributed by atoms with van der Waals surface area (Å²) < 4.78 is 4.59. The molecule has 0 rings (SSSR count). The van der Waals surface area contributed by atoms with Gasteiger partial charge in [-0.15, -0.1) is 23.7 Å². The fourth-order valence-corrected chi connectivity index (χ4v) is 3.47. The topological polar surface area (TPSA) is 129 Å². The van der Waals surface area contributed by atoms with E-state index in [0.29, 0.717) is 74.5 Å². The Morgan fingerprint density at radius 2 is 0.536 bits per heavy atom. The molecule has 0 saturated carbocycles. The molecule has 0 heterocycles. The van der Waals surface area contributed by atoms with Gasteiger partial charge >= 0.3 is 11.9 Å². The summed E-state index contributed by atoms with van der Waals surface area (Å²) in [5.74, 6) is 20.9. The summed E-state index contributed by atoms with van der Waals surface area (Å²) in [6.07, 6.45) is 2.84. The van der Waals surface area contributed by atoms with Crippen LogP contribution in [-0.2, 0) is 38.3 Å². The van der Waals surface area contributed by atoms with Crippen LogP contribution in [0.1, 0.15) is 170 Å². The molecule has 8 nitrogen and oxygen atoms in total. The maximum Gasteiger partial charge on any atom is 0.313 e. The van der Waals surface area contributed by atoms with Crippen LogP contribution in [0.2, 0.25) is 0 Å². The maximum atomic E-state index is 11.1. The summed E-state index contributed by atoms with van der Waals surface area (Å²) in [5, 5.41) is -0.241. The first-order chi connectivity index (χ1) is 25.7. The van der Waals surface area contributed by atoms with E-state index in [-0.39, 0.29) is 40.2 Å². The van der Waals surface area contributed by atoms with Crippen molar-refractivity contribution in [2.45, 2.75) is 170 Å². The Kier molecular flexibility index (Phi) is 49.9. The molecule has 0 spiro atoms. The van der Waals surface area contributed by atoms with E-state index in [4.69, 9.17) is 11.6 Å². The van der Waals surface area contributed by atoms with Crippen LogP contribution in [0.4, 0.5) is 0 Å². The highest BCUT2D eigenvalue weighted by Crippen LogP contribution is 2.06. The minimum Gasteiger partial charge on any atom is -0.393 e. The number of halogens is 1. The molecule has 0 aliphatic rings. The highest BCUT2D eigenvalue weighted by molar-refractivity contribution is 6.63. The Balaban J connectivity index is -0.000000142. The third-order valence-electron chi connectivity index (χ3n) is 5.50. The molecule has 0 aromatic rings. The van der Waals surface area contributed by atoms with E-state index in [9.17, 15) is 33.6 Å². The highest BCUT2D eigenvalue weighted by Gasteiger charge is 2.13. The molecule has 0 N–H and O–H groups in total. The first-order valence-electron chi connectivity index (χ1n) is 19.4. The highest BCUT2D eigenvalue weighted by atomic mass is 35.5. The van der Waals surface area contributed by atoms with Crippen LogP contribution in [0.5, 0.6) is 0 Å². The van der Waals surface area contributed by atoms with Gasteiger partial charge in [-0.2, -0.15) is 0 Å². The van der Waals surface area contributed by atoms with E-state index in [0.717, 1.165) is 0 Å². The molecule has 0 bridgehead atoms. The van der Waals surface area contributed by atoms with E-state index >= 15 is 0 Å². The number of ketones is 4. The molecule has 0 aromatic carbocycles. The van der Waals surface area contributed by atoms with Gasteiger partial charge in [-0.1, -0.05) is 96.9 Å². The lowest BCUT2D eigenvalue weighted by Gasteiger charge is -2.06. The Labute approximate surface area is 347 Å². The van der Waals surface area contributed by atoms with Crippen LogP contribution >= 0.6 is 11.6 Å². The van der Waals surface area contributed by atoms with Gasteiger partial charge in [-0.25, -0.2) is 0 Å². The Bertz CT molecular complexity index is 1220. The van der Waals surface area contributed by atoms with Crippen molar-refractivity contribution in [1.29, 1.82) is 0 Å². The van der Waals surface area contributed by atoms with Crippen molar-refractivity contribution >= 4 is 51.9 Å². The van der Waals surface area contributed by atoms with Crippen molar-refractivity contribution in [2.24, 2.45) is 41.4 Å². The van der Waals surface area contributed by atoms with Gasteiger partial charge in [0.1, 0.15) is 0 Å². The normalized spacial score (nSPS) is 9.11. The van der Waals surface area contributed by atoms with E-state index in [1.165, 1.54) is 0 Å². The van der Waals surface area contributed by atoms with Crippen LogP contribution in [0.15, 0.2) is 0 Å². The third-order valence-corrected chi connectivity index (χ3v) is 5.66. The number of carbonyl (C=O) groups is 7. The lowest BCUT2D eigenvalue weighted by Crippen LogP contribution is -2.15. The molecule has 0 aromatic heterocycles. The van der Waals surface area contributed by atoms with Gasteiger partial charge in [-0.05, 0) is 104 Å². The van der Waals surface area contributed by atoms with Gasteiger partial charge < -0.3 is 4.74 Å². The minimum absolute atomic E-state index is 0.142. The first-order valence-corrected chi connectivity index (χ1v) is 19.8. The predicted octanol–water partition coefficient (Wildman–Crippen LogP) is 10.4. The molecule has 0 aliphatic carbocycles. The second-order valence-electron chi connectivity index (χ2n) is 15.6. The Morgan fingerprint density at radius 3 is 0.643 bits per heavy atom. The largest absolute Gasteiger partial charge is 0.393 e. The monoisotopic (exact) mass is 803 g/mol. The molecule has 0 fully saturated rings. The van der Waals surface area contributed by atoms with Crippen LogP contribution < -0.4 is 0 Å². The number of ether oxygens (including phenoxy) is 1. The zero-order valence-corrected chi connectivity index (χ0v) is 38.9. The quantitative estimate of drug-likeness (QED) is 0.0558. The Morgan fingerprint density at radius 1 is 0.357 bits per heavy atom. The average molecular weight is 804 g/mol. The van der Waals surface area contributed by atoms with Gasteiger partial charge in [0.05, 0.1) is 0 Å². The molecule has 0 unspecified atom stereocenters. The lowest BCUT2D eigenvalue weighted by molar-refractivity contribution is -0.160. The van der Waals surface area contributed by atoms with Crippen LogP contribution in [0.25, 0.3) is 0 Å². The lowest BCUT2D eigenvalue weighted by atomic mass is 10.1. The molecule has 9 heteroatoms. The summed E-state index contributed by atoms with van der Waals surface area (Å²) in [6.45, 7) is 34.5. The zero-order chi connectivity index (χ0) is 45.4. The van der Waals surface area contributed by atoms with Crippen molar-refractivity contribution in [3.63, 3.8) is 0 Å². The summed E-state index contributed by atoms with van der Waals surface area (Å²) in [4.78, 5) is 76.5. The Hall–Kier alpha value is -3.98. The number of rotatable bonds is 14. The van der Waals surface area contributed by atoms with Crippen molar-refractivity contribution < 1.29 is 38.3 Å². The molecule has 0 amide bonds. The minimum atomic E-state index is -0.416. The molecule has 56 heavy (non-hydrogen) atoms. The zero-order valence-electron chi connectivity index (χ0n) is 38.1. The standard InChI is InChI=1S/2C12H18O2.C10H18O3.C5H9ClO.2C4H6/c2*1-9(2)7-11(13)5-6-12(14)8-10(3)4;1-7(2)5-9(11)13-10(12)6-8(3)4;1-4(2)3-5(6)7;2*1-3-4-2/h2*9-10H,7-8H2,1-4H3;7-8H,5-6H2,1-4H3;4H,3H2,1-2H3;2*1-2H3.